The number of carboxylic acid groups (broad SMARTS) is 4. The number of hydrogen-bond acceptors (Lipinski definition) is 33. The molecule has 8 aliphatic heterocycles. The van der Waals surface area contributed by atoms with Gasteiger partial charge in [0.15, 0.2) is 45.0 Å². The summed E-state index contributed by atoms with van der Waals surface area (Å²) in [5.74, 6) is -5.15. The predicted octanol–water partition coefficient (Wildman–Crippen LogP) is 12.7. The molecule has 0 amide bonds. The Hall–Kier alpha value is -10.5. The number of benzene rings is 4. The molecule has 0 radical (unpaired) electrons. The van der Waals surface area contributed by atoms with Gasteiger partial charge in [0.2, 0.25) is 0 Å². The third-order valence-electron chi connectivity index (χ3n) is 22.8. The first kappa shape index (κ1) is 106. The molecule has 4 saturated heterocycles. The van der Waals surface area contributed by atoms with Gasteiger partial charge in [0.1, 0.15) is 71.6 Å². The molecule has 0 spiro atoms. The van der Waals surface area contributed by atoms with Gasteiger partial charge in [-0.2, -0.15) is 35.3 Å². The minimum absolute atomic E-state index is 0.00512. The number of aromatic nitrogens is 6. The fourth-order valence-corrected chi connectivity index (χ4v) is 22.9. The first-order chi connectivity index (χ1) is 66.6. The molecule has 738 valence electrons. The molecule has 4 fully saturated rings. The monoisotopic (exact) mass is 2270 g/mol. The Labute approximate surface area is 846 Å². The summed E-state index contributed by atoms with van der Waals surface area (Å²) in [5, 5.41) is 56.3. The maximum atomic E-state index is 14.1. The van der Waals surface area contributed by atoms with E-state index in [9.17, 15) is 85.1 Å². The van der Waals surface area contributed by atoms with Crippen LogP contribution in [0.15, 0.2) is 204 Å². The van der Waals surface area contributed by atoms with Crippen LogP contribution in [0, 0.1) is 23.3 Å². The van der Waals surface area contributed by atoms with Crippen LogP contribution in [0.4, 0.5) is 26.3 Å². The van der Waals surface area contributed by atoms with E-state index in [1.165, 1.54) is 84.4 Å². The minimum atomic E-state index is -3.20. The Morgan fingerprint density at radius 2 is 0.748 bits per heavy atom. The molecule has 4 aromatic heterocycles. The number of carbonyl (C=O) groups excluding carboxylic acids is 4. The number of thioether (sulfide) groups is 3. The van der Waals surface area contributed by atoms with E-state index in [2.05, 4.69) is 110 Å². The molecular formula is C90H92Br4F6N18O16S5. The van der Waals surface area contributed by atoms with Gasteiger partial charge in [-0.15, -0.1) is 22.7 Å². The largest absolute Gasteiger partial charge is 0.480 e. The third-order valence-corrected chi connectivity index (χ3v) is 30.3. The number of esters is 4. The van der Waals surface area contributed by atoms with Crippen LogP contribution < -0.4 is 21.3 Å². The molecule has 0 bridgehead atoms. The number of aryl methyl sites for hydroxylation is 2. The lowest BCUT2D eigenvalue weighted by molar-refractivity contribution is -0.143. The van der Waals surface area contributed by atoms with Crippen molar-refractivity contribution in [2.24, 2.45) is 34.1 Å². The van der Waals surface area contributed by atoms with E-state index in [1.807, 2.05) is 34.2 Å². The lowest BCUT2D eigenvalue weighted by Crippen LogP contribution is -2.50. The average Bonchev–Trinajstić information content (AvgIpc) is 1.75. The number of ether oxygens (including phenoxy) is 4. The zero-order chi connectivity index (χ0) is 99.8. The first-order valence-electron chi connectivity index (χ1n) is 42.9. The van der Waals surface area contributed by atoms with Crippen LogP contribution in [-0.4, -0.2) is 285 Å². The Morgan fingerprint density at radius 1 is 0.432 bits per heavy atom. The van der Waals surface area contributed by atoms with E-state index in [0.29, 0.717) is 133 Å². The van der Waals surface area contributed by atoms with E-state index >= 15 is 0 Å². The summed E-state index contributed by atoms with van der Waals surface area (Å²) < 4.78 is 110. The number of hydrogen-bond donors (Lipinski definition) is 8. The number of likely N-dealkylation sites (tertiary alicyclic amines) is 1. The number of thiazole rings is 2. The number of carboxylic acids is 4. The number of nitrogens with zero attached hydrogens (tertiary/aromatic N) is 14. The first-order valence-corrected chi connectivity index (χ1v) is 51.3. The second-order valence-corrected chi connectivity index (χ2v) is 40.5. The molecule has 8 N–H and O–H groups in total. The van der Waals surface area contributed by atoms with Crippen molar-refractivity contribution < 1.29 is 104 Å². The number of amidine groups is 4. The molecule has 16 rings (SSSR count). The average molecular weight is 2280 g/mol. The van der Waals surface area contributed by atoms with Crippen LogP contribution in [0.1, 0.15) is 101 Å². The fourth-order valence-electron chi connectivity index (χ4n) is 16.2. The normalized spacial score (nSPS) is 21.4. The summed E-state index contributed by atoms with van der Waals surface area (Å²) in [6, 6.07) is 9.48. The van der Waals surface area contributed by atoms with Gasteiger partial charge in [0.05, 0.1) is 56.3 Å². The van der Waals surface area contributed by atoms with Crippen molar-refractivity contribution in [1.82, 2.24) is 69.9 Å². The molecular weight excluding hydrogens is 2180 g/mol. The zero-order valence-electron chi connectivity index (χ0n) is 74.9. The van der Waals surface area contributed by atoms with Gasteiger partial charge in [0, 0.05) is 178 Å². The van der Waals surface area contributed by atoms with E-state index in [4.69, 9.17) is 33.9 Å². The molecule has 0 aliphatic carbocycles. The third kappa shape index (κ3) is 25.9. The van der Waals surface area contributed by atoms with Gasteiger partial charge in [-0.05, 0) is 109 Å². The van der Waals surface area contributed by atoms with Gasteiger partial charge in [-0.1, -0.05) is 88.0 Å². The van der Waals surface area contributed by atoms with E-state index in [0.717, 1.165) is 42.1 Å². The van der Waals surface area contributed by atoms with Crippen LogP contribution in [0.2, 0.25) is 0 Å². The number of imidazole rings is 2. The SMILES string of the molecule is CCOC(=O)C1=C(CN2CCCSCC2C(=O)O)NC(c2nccs2)=NC1c1ccc(F)cc1Br.CCOC(=O)C1=C(CN2CCSCC2C(=O)O)NC(c2nccn2C)=NC1c1ccc(F)cc1Br.COC(=O)C1=C(CN2CC(F)(F)C[C@H]2C(=O)O)NC(c2nccs2)=NC1c1ccc(F)cc1Br.COC(=O)C1=C(CN2CCCSCC2C(=O)O)NC(c2nccn2C)=NC1c1ccc(F)cc1Br. The number of halogens is 10. The topological polar surface area (TPSA) is 426 Å². The van der Waals surface area contributed by atoms with Gasteiger partial charge < -0.3 is 69.8 Å². The van der Waals surface area contributed by atoms with Crippen molar-refractivity contribution in [3.8, 4) is 0 Å². The molecule has 8 aromatic rings. The van der Waals surface area contributed by atoms with Crippen molar-refractivity contribution in [1.29, 1.82) is 0 Å². The van der Waals surface area contributed by atoms with Crippen molar-refractivity contribution in [2.45, 2.75) is 87.4 Å². The highest BCUT2D eigenvalue weighted by atomic mass is 79.9. The highest BCUT2D eigenvalue weighted by Gasteiger charge is 2.50. The van der Waals surface area contributed by atoms with Gasteiger partial charge in [-0.3, -0.25) is 58.7 Å². The number of nitrogens with one attached hydrogen (secondary N) is 4. The number of carbonyl (C=O) groups is 8. The lowest BCUT2D eigenvalue weighted by Gasteiger charge is -2.35. The molecule has 0 saturated carbocycles. The zero-order valence-corrected chi connectivity index (χ0v) is 85.3. The second kappa shape index (κ2) is 48.3. The second-order valence-electron chi connectivity index (χ2n) is 31.8. The fraction of sp³-hybridized carbons (Fsp3) is 0.378. The maximum Gasteiger partial charge on any atom is 0.338 e. The number of alkyl halides is 2. The Kier molecular flexibility index (Phi) is 36.8. The number of methoxy groups -OCH3 is 2. The van der Waals surface area contributed by atoms with Crippen LogP contribution in [0.3, 0.4) is 0 Å². The highest BCUT2D eigenvalue weighted by molar-refractivity contribution is 9.11. The van der Waals surface area contributed by atoms with Crippen LogP contribution in [0.5, 0.6) is 0 Å². The minimum Gasteiger partial charge on any atom is -0.480 e. The molecule has 12 heterocycles. The summed E-state index contributed by atoms with van der Waals surface area (Å²) >= 11 is 21.0. The van der Waals surface area contributed by atoms with Gasteiger partial charge >= 0.3 is 47.8 Å². The van der Waals surface area contributed by atoms with E-state index in [1.54, 1.807) is 119 Å². The smallest absolute Gasteiger partial charge is 0.338 e. The standard InChI is InChI=1S/2C23H25BrFN5O4S.C23H24BrFN4O4S2.C21H18BrF3N4O4S/c1-29-8-6-26-21(29)20-27-16(11-30-7-3-9-35-12-17(30)22(31)32)18(23(33)34-2)19(28-20)14-5-4-13(25)10-15(14)24;1-3-34-23(33)18-16(11-30-8-9-35-12-17(30)22(31)32)27-20(21-26-6-7-29(21)2)28-19(18)14-5-4-13(25)10-15(14)24;1-2-33-23(32)18-16(11-29-7-3-8-34-12-17(29)22(30)31)27-20(21-26-6-9-35-21)28-19(18)14-5-4-13(25)10-15(14)24;1-33-20(32)15-13(8-29-9-21(24,25)7-14(29)19(30)31)27-17(18-26-4-5-34-18)28-16(15)11-3-2-10(23)6-12(11)22/h4-6,8,10,17,19H,3,7,9,11-12H2,1-2H3,(H,27,28)(H,31,32);4-7,10,17,19H,3,8-9,11-12H2,1-2H3,(H,27,28)(H,31,32);4-6,9-10,17,19H,2-3,7-8,11-12H2,1H3,(H,27,28)(H,30,31);2-6,14,16H,7-9H2,1H3,(H,27,28)(H,30,31)/t;;;14-,16?/m...0/s1. The molecule has 8 atom stereocenters. The summed E-state index contributed by atoms with van der Waals surface area (Å²) in [7, 11) is 6.08. The maximum absolute atomic E-state index is 14.1. The molecule has 4 aromatic carbocycles. The lowest BCUT2D eigenvalue weighted by atomic mass is 9.95. The van der Waals surface area contributed by atoms with Crippen molar-refractivity contribution >= 4 is 193 Å². The Balaban J connectivity index is 0.000000156. The van der Waals surface area contributed by atoms with Crippen LogP contribution in [0.25, 0.3) is 0 Å². The van der Waals surface area contributed by atoms with Crippen LogP contribution >= 0.6 is 122 Å². The molecule has 139 heavy (non-hydrogen) atoms. The van der Waals surface area contributed by atoms with Crippen molar-refractivity contribution in [2.75, 3.05) is 114 Å². The quantitative estimate of drug-likeness (QED) is 0.0142. The summed E-state index contributed by atoms with van der Waals surface area (Å²) in [5.41, 5.74) is 4.51. The van der Waals surface area contributed by atoms with Gasteiger partial charge in [-0.25, -0.2) is 65.5 Å². The number of aliphatic imine (C=N–C) groups is 4. The predicted molar refractivity (Wildman–Crippen MR) is 525 cm³/mol. The van der Waals surface area contributed by atoms with Gasteiger partial charge in [0.25, 0.3) is 5.92 Å². The summed E-state index contributed by atoms with van der Waals surface area (Å²) in [6.45, 7) is 4.84. The van der Waals surface area contributed by atoms with Crippen LogP contribution in [-0.2, 0) is 71.4 Å². The number of rotatable bonds is 26. The van der Waals surface area contributed by atoms with E-state index in [-0.39, 0.29) is 73.2 Å². The summed E-state index contributed by atoms with van der Waals surface area (Å²) in [6.07, 6.45) is 10.8. The molecule has 34 nitrogen and oxygen atoms in total. The van der Waals surface area contributed by atoms with Crippen molar-refractivity contribution in [3.05, 3.63) is 251 Å². The number of aliphatic carboxylic acids is 4. The molecule has 7 unspecified atom stereocenters. The molecule has 49 heteroatoms. The van der Waals surface area contributed by atoms with Crippen molar-refractivity contribution in [3.63, 3.8) is 0 Å². The molecule has 8 aliphatic rings. The Bertz CT molecular complexity index is 6210. The van der Waals surface area contributed by atoms with E-state index < -0.39 is 138 Å². The Morgan fingerprint density at radius 3 is 1.05 bits per heavy atom. The summed E-state index contributed by atoms with van der Waals surface area (Å²) in [4.78, 5) is 143. The highest BCUT2D eigenvalue weighted by Crippen LogP contribution is 2.44.